The molecule has 0 aliphatic rings. The van der Waals surface area contributed by atoms with Gasteiger partial charge in [-0.05, 0) is 93.2 Å². The summed E-state index contributed by atoms with van der Waals surface area (Å²) in [6.07, 6.45) is 1.78. The first-order chi connectivity index (χ1) is 39.5. The number of rotatable bonds is 41. The van der Waals surface area contributed by atoms with E-state index in [9.17, 15) is 63.0 Å². The van der Waals surface area contributed by atoms with E-state index in [1.165, 1.54) is 0 Å². The van der Waals surface area contributed by atoms with Crippen LogP contribution < -0.4 is 70.8 Å². The van der Waals surface area contributed by atoms with E-state index in [0.717, 1.165) is 11.8 Å². The first kappa shape index (κ1) is 74.9. The number of hydrogen-bond acceptors (Lipinski definition) is 15. The Balaban J connectivity index is 3.61. The molecule has 0 fully saturated rings. The standard InChI is InChI=1S/C56H96N14O13S/c1-11-32(8)43(58)51(79)64-37(23-19-25-61-56(59)60)47(75)63-36(22-17-18-24-57)48(76)69-44(33(9)12-2)52(80)66-39(27-31(6)7)50(78)70-54(84-35-20-15-14-16-21-35)53(81)67-38(26-30(4)5)49(77)65-40(28-42(72)73)46(74)62-29-41(71)68-45(55(82)83)34(10)13-3/h14-16,20-21,30-34,36-40,43-45,54H,11-13,17-19,22-29,57-58H2,1-10H3,(H,62,74)(H,63,75)(H,64,79)(H,65,77)(H,66,80)(H,67,81)(H,68,71)(H,69,76)(H,70,78)(H,72,73)(H,82,83)(H4,59,60,61)/t32?,33-,34-,36-,37-,38-,39-,40-,43-,44-,45-,54+/m0/s1. The molecule has 12 atom stereocenters. The van der Waals surface area contributed by atoms with E-state index in [2.05, 4.69) is 52.8 Å². The number of carboxylic acid groups (broad SMARTS) is 2. The van der Waals surface area contributed by atoms with Crippen molar-refractivity contribution in [3.8, 4) is 0 Å². The Morgan fingerprint density at radius 1 is 0.536 bits per heavy atom. The van der Waals surface area contributed by atoms with Crippen LogP contribution in [-0.2, 0) is 52.7 Å². The van der Waals surface area contributed by atoms with Crippen LogP contribution in [-0.4, -0.2) is 155 Å². The Kier molecular flexibility index (Phi) is 35.2. The molecular formula is C56H96N14O13S. The number of nitrogens with zero attached hydrogens (tertiary/aromatic N) is 1. The second-order valence-corrected chi connectivity index (χ2v) is 23.2. The predicted octanol–water partition coefficient (Wildman–Crippen LogP) is 0.0305. The molecule has 27 nitrogen and oxygen atoms in total. The maximum atomic E-state index is 14.6. The van der Waals surface area contributed by atoms with E-state index in [-0.39, 0.29) is 68.9 Å². The van der Waals surface area contributed by atoms with Crippen LogP contribution >= 0.6 is 11.8 Å². The van der Waals surface area contributed by atoms with E-state index >= 15 is 0 Å². The lowest BCUT2D eigenvalue weighted by atomic mass is 9.96. The minimum absolute atomic E-state index is 0.0402. The number of amides is 9. The largest absolute Gasteiger partial charge is 0.481 e. The van der Waals surface area contributed by atoms with Crippen molar-refractivity contribution in [3.63, 3.8) is 0 Å². The Hall–Kier alpha value is -7.07. The number of carbonyl (C=O) groups excluding carboxylic acids is 9. The molecule has 0 spiro atoms. The number of nitrogens with one attached hydrogen (secondary N) is 9. The number of carboxylic acids is 2. The van der Waals surface area contributed by atoms with Crippen molar-refractivity contribution in [3.05, 3.63) is 30.3 Å². The molecule has 0 heterocycles. The molecule has 1 aromatic carbocycles. The fraction of sp³-hybridized carbons (Fsp3) is 0.679. The molecule has 0 radical (unpaired) electrons. The van der Waals surface area contributed by atoms with Crippen LogP contribution in [0, 0.1) is 29.6 Å². The number of nitrogens with two attached hydrogens (primary N) is 4. The summed E-state index contributed by atoms with van der Waals surface area (Å²) < 4.78 is 0. The van der Waals surface area contributed by atoms with E-state index < -0.39 is 144 Å². The third kappa shape index (κ3) is 28.5. The SMILES string of the molecule is CCC(C)[C@H](N)C(=O)N[C@@H](CCCN=C(N)N)C(=O)N[C@@H](CCCCN)C(=O)N[C@H](C(=O)N[C@@H](CC(C)C)C(=O)N[C@H](Sc1ccccc1)C(=O)N[C@@H](CC(C)C)C(=O)N[C@@H](CC(=O)O)C(=O)NCC(=O)N[C@H](C(=O)O)[C@@H](C)CC)[C@@H](C)CC. The monoisotopic (exact) mass is 1200 g/mol. The summed E-state index contributed by atoms with van der Waals surface area (Å²) in [7, 11) is 0. The summed E-state index contributed by atoms with van der Waals surface area (Å²) in [6.45, 7) is 17.3. The highest BCUT2D eigenvalue weighted by Crippen LogP contribution is 2.23. The van der Waals surface area contributed by atoms with Gasteiger partial charge in [0.25, 0.3) is 5.91 Å². The highest BCUT2D eigenvalue weighted by molar-refractivity contribution is 8.00. The molecule has 474 valence electrons. The molecule has 0 saturated carbocycles. The summed E-state index contributed by atoms with van der Waals surface area (Å²) in [5.74, 6) is -12.1. The molecule has 19 N–H and O–H groups in total. The molecule has 0 saturated heterocycles. The second-order valence-electron chi connectivity index (χ2n) is 22.0. The number of carbonyl (C=O) groups is 11. The third-order valence-electron chi connectivity index (χ3n) is 13.9. The van der Waals surface area contributed by atoms with Crippen LogP contribution in [0.3, 0.4) is 0 Å². The van der Waals surface area contributed by atoms with Crippen LogP contribution in [0.1, 0.15) is 140 Å². The van der Waals surface area contributed by atoms with Gasteiger partial charge in [-0.2, -0.15) is 0 Å². The van der Waals surface area contributed by atoms with Gasteiger partial charge in [-0.1, -0.05) is 118 Å². The van der Waals surface area contributed by atoms with E-state index in [1.54, 1.807) is 92.6 Å². The van der Waals surface area contributed by atoms with Crippen molar-refractivity contribution in [1.82, 2.24) is 47.9 Å². The molecule has 28 heteroatoms. The molecule has 1 unspecified atom stereocenters. The molecule has 1 rings (SSSR count). The average Bonchev–Trinajstić information content (AvgIpc) is 3.44. The van der Waals surface area contributed by atoms with Crippen molar-refractivity contribution in [1.29, 1.82) is 0 Å². The Morgan fingerprint density at radius 3 is 1.52 bits per heavy atom. The van der Waals surface area contributed by atoms with Gasteiger partial charge in [0, 0.05) is 11.4 Å². The zero-order valence-corrected chi connectivity index (χ0v) is 51.2. The van der Waals surface area contributed by atoms with Crippen LogP contribution in [0.4, 0.5) is 0 Å². The number of thioether (sulfide) groups is 1. The molecule has 84 heavy (non-hydrogen) atoms. The molecule has 0 bridgehead atoms. The molecule has 9 amide bonds. The maximum absolute atomic E-state index is 14.6. The van der Waals surface area contributed by atoms with Crippen LogP contribution in [0.15, 0.2) is 40.2 Å². The molecule has 0 aromatic heterocycles. The van der Waals surface area contributed by atoms with Crippen LogP contribution in [0.2, 0.25) is 0 Å². The fourth-order valence-corrected chi connectivity index (χ4v) is 9.26. The summed E-state index contributed by atoms with van der Waals surface area (Å²) >= 11 is 0.903. The zero-order valence-electron chi connectivity index (χ0n) is 50.4. The minimum Gasteiger partial charge on any atom is -0.481 e. The van der Waals surface area contributed by atoms with Crippen molar-refractivity contribution >= 4 is 82.8 Å². The topological polar surface area (TPSA) is 453 Å². The van der Waals surface area contributed by atoms with Gasteiger partial charge in [0.2, 0.25) is 47.3 Å². The van der Waals surface area contributed by atoms with Gasteiger partial charge in [0.1, 0.15) is 42.3 Å². The van der Waals surface area contributed by atoms with Crippen molar-refractivity contribution in [2.45, 2.75) is 198 Å². The van der Waals surface area contributed by atoms with Gasteiger partial charge < -0.3 is 81.0 Å². The maximum Gasteiger partial charge on any atom is 0.326 e. The first-order valence-corrected chi connectivity index (χ1v) is 29.7. The highest BCUT2D eigenvalue weighted by atomic mass is 32.2. The fourth-order valence-electron chi connectivity index (χ4n) is 8.32. The minimum atomic E-state index is -1.76. The summed E-state index contributed by atoms with van der Waals surface area (Å²) in [5, 5.41) is 41.1. The number of aliphatic imine (C=N–C) groups is 1. The van der Waals surface area contributed by atoms with Gasteiger partial charge in [0.15, 0.2) is 11.3 Å². The smallest absolute Gasteiger partial charge is 0.326 e. The Morgan fingerprint density at radius 2 is 1.01 bits per heavy atom. The summed E-state index contributed by atoms with van der Waals surface area (Å²) in [5.41, 5.74) is 23.0. The summed E-state index contributed by atoms with van der Waals surface area (Å²) in [6, 6.07) is -1.87. The van der Waals surface area contributed by atoms with Gasteiger partial charge >= 0.3 is 11.9 Å². The average molecular weight is 1210 g/mol. The van der Waals surface area contributed by atoms with Crippen LogP contribution in [0.5, 0.6) is 0 Å². The van der Waals surface area contributed by atoms with E-state index in [1.807, 2.05) is 6.92 Å². The number of aliphatic carboxylic acids is 2. The molecule has 1 aromatic rings. The Bertz CT molecular complexity index is 2340. The van der Waals surface area contributed by atoms with Gasteiger partial charge in [-0.15, -0.1) is 0 Å². The molecular weight excluding hydrogens is 1110 g/mol. The molecule has 0 aliphatic heterocycles. The molecule has 0 aliphatic carbocycles. The quantitative estimate of drug-likeness (QED) is 0.0135. The third-order valence-corrected chi connectivity index (χ3v) is 15.0. The van der Waals surface area contributed by atoms with Gasteiger partial charge in [-0.3, -0.25) is 52.9 Å². The number of benzene rings is 1. The Labute approximate surface area is 497 Å². The number of guanidine groups is 1. The second kappa shape index (κ2) is 39.5. The van der Waals surface area contributed by atoms with E-state index in [0.29, 0.717) is 37.0 Å². The highest BCUT2D eigenvalue weighted by Gasteiger charge is 2.37. The van der Waals surface area contributed by atoms with Crippen molar-refractivity contribution in [2.75, 3.05) is 19.6 Å². The summed E-state index contributed by atoms with van der Waals surface area (Å²) in [4.78, 5) is 153. The van der Waals surface area contributed by atoms with Crippen molar-refractivity contribution < 1.29 is 63.0 Å². The lowest BCUT2D eigenvalue weighted by Gasteiger charge is -2.30. The van der Waals surface area contributed by atoms with Crippen LogP contribution in [0.25, 0.3) is 0 Å². The number of hydrogen-bond donors (Lipinski definition) is 15. The van der Waals surface area contributed by atoms with Crippen molar-refractivity contribution in [2.24, 2.45) is 57.5 Å². The van der Waals surface area contributed by atoms with Gasteiger partial charge in [-0.25, -0.2) is 4.79 Å². The zero-order chi connectivity index (χ0) is 63.8. The lowest BCUT2D eigenvalue weighted by Crippen LogP contribution is -2.61. The lowest BCUT2D eigenvalue weighted by molar-refractivity contribution is -0.143. The predicted molar refractivity (Wildman–Crippen MR) is 319 cm³/mol. The van der Waals surface area contributed by atoms with E-state index in [4.69, 9.17) is 22.9 Å². The normalized spacial score (nSPS) is 15.5. The first-order valence-electron chi connectivity index (χ1n) is 28.9. The van der Waals surface area contributed by atoms with Gasteiger partial charge in [0.05, 0.1) is 19.0 Å². The number of unbranched alkanes of at least 4 members (excludes halogenated alkanes) is 1.